The first-order valence-electron chi connectivity index (χ1n) is 6.39. The summed E-state index contributed by atoms with van der Waals surface area (Å²) in [5.74, 6) is 1.58. The van der Waals surface area contributed by atoms with Gasteiger partial charge in [-0.25, -0.2) is 0 Å². The predicted octanol–water partition coefficient (Wildman–Crippen LogP) is 2.34. The number of rotatable bonds is 5. The molecular formula is C15H14N2O3. The summed E-state index contributed by atoms with van der Waals surface area (Å²) in [6.45, 7) is 0.212. The zero-order valence-electron chi connectivity index (χ0n) is 10.8. The Morgan fingerprint density at radius 2 is 1.80 bits per heavy atom. The number of fused-ring (bicyclic) bond motifs is 1. The summed E-state index contributed by atoms with van der Waals surface area (Å²) in [5, 5.41) is 18.7. The van der Waals surface area contributed by atoms with Gasteiger partial charge < -0.3 is 14.3 Å². The topological polar surface area (TPSA) is 68.4 Å². The van der Waals surface area contributed by atoms with Crippen LogP contribution in [0.3, 0.4) is 0 Å². The van der Waals surface area contributed by atoms with Gasteiger partial charge in [0.15, 0.2) is 6.61 Å². The van der Waals surface area contributed by atoms with Gasteiger partial charge in [0.05, 0.1) is 6.61 Å². The zero-order chi connectivity index (χ0) is 13.8. The highest BCUT2D eigenvalue weighted by Crippen LogP contribution is 2.21. The Bertz CT molecular complexity index is 709. The molecule has 0 aliphatic carbocycles. The summed E-state index contributed by atoms with van der Waals surface area (Å²) in [7, 11) is 0. The number of aromatic nitrogens is 2. The minimum Gasteiger partial charge on any atom is -0.484 e. The lowest BCUT2D eigenvalue weighted by Gasteiger charge is -2.04. The highest BCUT2D eigenvalue weighted by atomic mass is 16.5. The SMILES string of the molecule is OCCc1nnc(COc2ccc3ccccc3c2)o1. The van der Waals surface area contributed by atoms with Gasteiger partial charge in [0.25, 0.3) is 5.89 Å². The molecule has 0 fully saturated rings. The fourth-order valence-corrected chi connectivity index (χ4v) is 1.95. The maximum Gasteiger partial charge on any atom is 0.253 e. The van der Waals surface area contributed by atoms with Crippen LogP contribution in [-0.4, -0.2) is 21.9 Å². The summed E-state index contributed by atoms with van der Waals surface area (Å²) in [6, 6.07) is 14.0. The minimum absolute atomic E-state index is 0.00678. The van der Waals surface area contributed by atoms with E-state index in [2.05, 4.69) is 16.3 Å². The molecule has 0 aliphatic rings. The van der Waals surface area contributed by atoms with E-state index in [1.165, 1.54) is 5.39 Å². The second-order valence-electron chi connectivity index (χ2n) is 4.36. The van der Waals surface area contributed by atoms with Crippen molar-refractivity contribution in [2.75, 3.05) is 6.61 Å². The van der Waals surface area contributed by atoms with Crippen molar-refractivity contribution in [3.05, 3.63) is 54.2 Å². The molecule has 5 heteroatoms. The number of nitrogens with zero attached hydrogens (tertiary/aromatic N) is 2. The number of ether oxygens (including phenoxy) is 1. The number of hydrogen-bond donors (Lipinski definition) is 1. The summed E-state index contributed by atoms with van der Waals surface area (Å²) in [5.41, 5.74) is 0. The Labute approximate surface area is 115 Å². The normalized spacial score (nSPS) is 10.8. The van der Waals surface area contributed by atoms with Crippen LogP contribution in [0.25, 0.3) is 10.8 Å². The van der Waals surface area contributed by atoms with Crippen molar-refractivity contribution in [3.8, 4) is 5.75 Å². The molecule has 0 aliphatic heterocycles. The molecule has 1 N–H and O–H groups in total. The standard InChI is InChI=1S/C15H14N2O3/c18-8-7-14-16-17-15(20-14)10-19-13-6-5-11-3-1-2-4-12(11)9-13/h1-6,9,18H,7-8,10H2. The van der Waals surface area contributed by atoms with E-state index in [0.29, 0.717) is 18.2 Å². The fraction of sp³-hybridized carbons (Fsp3) is 0.200. The van der Waals surface area contributed by atoms with Crippen molar-refractivity contribution < 1.29 is 14.3 Å². The van der Waals surface area contributed by atoms with Gasteiger partial charge in [-0.3, -0.25) is 0 Å². The van der Waals surface area contributed by atoms with E-state index in [0.717, 1.165) is 11.1 Å². The van der Waals surface area contributed by atoms with Gasteiger partial charge in [-0.05, 0) is 22.9 Å². The van der Waals surface area contributed by atoms with Gasteiger partial charge >= 0.3 is 0 Å². The summed E-state index contributed by atoms with van der Waals surface area (Å²) < 4.78 is 11.0. The average molecular weight is 270 g/mol. The summed E-state index contributed by atoms with van der Waals surface area (Å²) >= 11 is 0. The molecule has 0 unspecified atom stereocenters. The molecule has 0 amide bonds. The average Bonchev–Trinajstić information content (AvgIpc) is 2.93. The lowest BCUT2D eigenvalue weighted by atomic mass is 10.1. The van der Waals surface area contributed by atoms with Crippen molar-refractivity contribution in [2.45, 2.75) is 13.0 Å². The molecule has 0 bridgehead atoms. The van der Waals surface area contributed by atoms with E-state index in [4.69, 9.17) is 14.3 Å². The molecule has 2 aromatic carbocycles. The Kier molecular flexibility index (Phi) is 3.60. The molecule has 20 heavy (non-hydrogen) atoms. The van der Waals surface area contributed by atoms with Crippen LogP contribution in [0.15, 0.2) is 46.9 Å². The lowest BCUT2D eigenvalue weighted by Crippen LogP contribution is -1.95. The van der Waals surface area contributed by atoms with E-state index >= 15 is 0 Å². The van der Waals surface area contributed by atoms with Gasteiger partial charge in [0, 0.05) is 6.42 Å². The molecule has 0 spiro atoms. The van der Waals surface area contributed by atoms with E-state index in [9.17, 15) is 0 Å². The third-order valence-electron chi connectivity index (χ3n) is 2.92. The second-order valence-corrected chi connectivity index (χ2v) is 4.36. The first-order chi connectivity index (χ1) is 9.85. The van der Waals surface area contributed by atoms with Crippen LogP contribution in [0, 0.1) is 0 Å². The molecule has 5 nitrogen and oxygen atoms in total. The fourth-order valence-electron chi connectivity index (χ4n) is 1.95. The summed E-state index contributed by atoms with van der Waals surface area (Å²) in [4.78, 5) is 0. The molecule has 0 saturated heterocycles. The van der Waals surface area contributed by atoms with Crippen molar-refractivity contribution in [1.29, 1.82) is 0 Å². The lowest BCUT2D eigenvalue weighted by molar-refractivity contribution is 0.250. The molecule has 1 heterocycles. The minimum atomic E-state index is -0.00678. The Balaban J connectivity index is 1.69. The van der Waals surface area contributed by atoms with Crippen LogP contribution >= 0.6 is 0 Å². The first kappa shape index (κ1) is 12.6. The first-order valence-corrected chi connectivity index (χ1v) is 6.39. The number of aliphatic hydroxyl groups excluding tert-OH is 1. The van der Waals surface area contributed by atoms with E-state index in [-0.39, 0.29) is 13.2 Å². The van der Waals surface area contributed by atoms with Gasteiger partial charge in [-0.15, -0.1) is 10.2 Å². The molecule has 0 atom stereocenters. The third-order valence-corrected chi connectivity index (χ3v) is 2.92. The van der Waals surface area contributed by atoms with E-state index < -0.39 is 0 Å². The predicted molar refractivity (Wildman–Crippen MR) is 73.4 cm³/mol. The second kappa shape index (κ2) is 5.71. The Morgan fingerprint density at radius 1 is 1.00 bits per heavy atom. The van der Waals surface area contributed by atoms with Crippen LogP contribution < -0.4 is 4.74 Å². The van der Waals surface area contributed by atoms with Crippen LogP contribution in [0.1, 0.15) is 11.8 Å². The highest BCUT2D eigenvalue weighted by Gasteiger charge is 2.06. The maximum absolute atomic E-state index is 8.78. The third kappa shape index (κ3) is 2.78. The zero-order valence-corrected chi connectivity index (χ0v) is 10.8. The number of hydrogen-bond acceptors (Lipinski definition) is 5. The van der Waals surface area contributed by atoms with Crippen LogP contribution in [0.5, 0.6) is 5.75 Å². The summed E-state index contributed by atoms with van der Waals surface area (Å²) in [6.07, 6.45) is 0.364. The smallest absolute Gasteiger partial charge is 0.253 e. The Morgan fingerprint density at radius 3 is 2.65 bits per heavy atom. The monoisotopic (exact) mass is 270 g/mol. The van der Waals surface area contributed by atoms with Crippen LogP contribution in [-0.2, 0) is 13.0 Å². The van der Waals surface area contributed by atoms with Crippen LogP contribution in [0.2, 0.25) is 0 Å². The van der Waals surface area contributed by atoms with Gasteiger partial charge in [0.1, 0.15) is 5.75 Å². The maximum atomic E-state index is 8.78. The molecular weight excluding hydrogens is 256 g/mol. The molecule has 0 radical (unpaired) electrons. The number of benzene rings is 2. The molecule has 102 valence electrons. The Hall–Kier alpha value is -2.40. The van der Waals surface area contributed by atoms with Crippen LogP contribution in [0.4, 0.5) is 0 Å². The van der Waals surface area contributed by atoms with E-state index in [1.54, 1.807) is 0 Å². The molecule has 3 rings (SSSR count). The van der Waals surface area contributed by atoms with E-state index in [1.807, 2.05) is 36.4 Å². The van der Waals surface area contributed by atoms with Gasteiger partial charge in [-0.2, -0.15) is 0 Å². The molecule has 0 saturated carbocycles. The van der Waals surface area contributed by atoms with Crippen molar-refractivity contribution in [3.63, 3.8) is 0 Å². The van der Waals surface area contributed by atoms with Gasteiger partial charge in [0.2, 0.25) is 5.89 Å². The quantitative estimate of drug-likeness (QED) is 0.770. The molecule has 3 aromatic rings. The van der Waals surface area contributed by atoms with Crippen molar-refractivity contribution in [2.24, 2.45) is 0 Å². The van der Waals surface area contributed by atoms with Crippen molar-refractivity contribution >= 4 is 10.8 Å². The highest BCUT2D eigenvalue weighted by molar-refractivity contribution is 5.83. The largest absolute Gasteiger partial charge is 0.484 e. The molecule has 1 aromatic heterocycles. The van der Waals surface area contributed by atoms with Gasteiger partial charge in [-0.1, -0.05) is 30.3 Å². The van der Waals surface area contributed by atoms with Crippen molar-refractivity contribution in [1.82, 2.24) is 10.2 Å². The number of aliphatic hydroxyl groups is 1.